The number of benzene rings is 1. The Balaban J connectivity index is 2.36. The molecule has 102 valence electrons. The van der Waals surface area contributed by atoms with Crippen LogP contribution in [0.2, 0.25) is 0 Å². The van der Waals surface area contributed by atoms with Crippen molar-refractivity contribution in [3.05, 3.63) is 39.4 Å². The predicted molar refractivity (Wildman–Crippen MR) is 78.4 cm³/mol. The zero-order valence-corrected chi connectivity index (χ0v) is 13.0. The quantitative estimate of drug-likeness (QED) is 0.820. The standard InChI is InChI=1S/C11H10BrFN2O2S2/c1-6-4-10(18-11(6)12)19(16,17)15-9-3-2-7(13)5-8(9)14/h2-5,15H,14H2,1H3. The number of nitrogens with one attached hydrogen (secondary N) is 1. The predicted octanol–water partition coefficient (Wildman–Crippen LogP) is 3.34. The van der Waals surface area contributed by atoms with Crippen molar-refractivity contribution in [2.24, 2.45) is 0 Å². The molecule has 0 saturated heterocycles. The summed E-state index contributed by atoms with van der Waals surface area (Å²) in [7, 11) is -3.71. The molecule has 1 aromatic heterocycles. The average Bonchev–Trinajstić information content (AvgIpc) is 2.64. The van der Waals surface area contributed by atoms with E-state index in [1.165, 1.54) is 6.07 Å². The van der Waals surface area contributed by atoms with Gasteiger partial charge in [-0.2, -0.15) is 0 Å². The topological polar surface area (TPSA) is 72.2 Å². The number of sulfonamides is 1. The van der Waals surface area contributed by atoms with Crippen LogP contribution in [-0.2, 0) is 10.0 Å². The van der Waals surface area contributed by atoms with Crippen molar-refractivity contribution in [1.82, 2.24) is 0 Å². The zero-order chi connectivity index (χ0) is 14.2. The molecule has 8 heteroatoms. The fraction of sp³-hybridized carbons (Fsp3) is 0.0909. The molecule has 0 aliphatic rings. The Labute approximate surface area is 122 Å². The fourth-order valence-electron chi connectivity index (χ4n) is 1.39. The number of anilines is 2. The van der Waals surface area contributed by atoms with Crippen molar-refractivity contribution in [3.8, 4) is 0 Å². The Morgan fingerprint density at radius 3 is 2.58 bits per heavy atom. The molecular weight excluding hydrogens is 355 g/mol. The van der Waals surface area contributed by atoms with Gasteiger partial charge in [0, 0.05) is 0 Å². The van der Waals surface area contributed by atoms with Crippen LogP contribution < -0.4 is 10.5 Å². The lowest BCUT2D eigenvalue weighted by Gasteiger charge is -2.08. The molecule has 2 aromatic rings. The first-order valence-electron chi connectivity index (χ1n) is 5.13. The minimum absolute atomic E-state index is 0.0379. The molecule has 1 heterocycles. The van der Waals surface area contributed by atoms with E-state index in [1.54, 1.807) is 13.0 Å². The summed E-state index contributed by atoms with van der Waals surface area (Å²) >= 11 is 4.37. The molecule has 1 aromatic carbocycles. The number of hydrogen-bond donors (Lipinski definition) is 2. The second-order valence-corrected chi connectivity index (χ2v) is 8.14. The van der Waals surface area contributed by atoms with Crippen LogP contribution in [0.4, 0.5) is 15.8 Å². The molecular formula is C11H10BrFN2O2S2. The van der Waals surface area contributed by atoms with Crippen LogP contribution in [-0.4, -0.2) is 8.42 Å². The second kappa shape index (κ2) is 5.10. The van der Waals surface area contributed by atoms with Gasteiger partial charge < -0.3 is 5.73 Å². The van der Waals surface area contributed by atoms with Gasteiger partial charge in [0.25, 0.3) is 10.0 Å². The number of rotatable bonds is 3. The molecule has 0 bridgehead atoms. The van der Waals surface area contributed by atoms with E-state index >= 15 is 0 Å². The second-order valence-electron chi connectivity index (χ2n) is 3.86. The Bertz CT molecular complexity index is 709. The highest BCUT2D eigenvalue weighted by Gasteiger charge is 2.19. The van der Waals surface area contributed by atoms with Gasteiger partial charge in [-0.25, -0.2) is 12.8 Å². The van der Waals surface area contributed by atoms with Crippen LogP contribution in [0.3, 0.4) is 0 Å². The van der Waals surface area contributed by atoms with Gasteiger partial charge in [0.05, 0.1) is 15.2 Å². The summed E-state index contributed by atoms with van der Waals surface area (Å²) in [6.07, 6.45) is 0. The molecule has 0 spiro atoms. The smallest absolute Gasteiger partial charge is 0.271 e. The van der Waals surface area contributed by atoms with Crippen LogP contribution in [0, 0.1) is 12.7 Å². The summed E-state index contributed by atoms with van der Waals surface area (Å²) in [5, 5.41) is 0. The van der Waals surface area contributed by atoms with Gasteiger partial charge in [0.2, 0.25) is 0 Å². The zero-order valence-electron chi connectivity index (χ0n) is 9.78. The Morgan fingerprint density at radius 1 is 1.37 bits per heavy atom. The minimum atomic E-state index is -3.71. The highest BCUT2D eigenvalue weighted by molar-refractivity contribution is 9.11. The molecule has 0 radical (unpaired) electrons. The molecule has 3 N–H and O–H groups in total. The van der Waals surface area contributed by atoms with E-state index in [1.807, 2.05) is 0 Å². The van der Waals surface area contributed by atoms with Gasteiger partial charge in [-0.1, -0.05) is 0 Å². The number of aryl methyl sites for hydroxylation is 1. The Hall–Kier alpha value is -1.12. The van der Waals surface area contributed by atoms with E-state index in [-0.39, 0.29) is 15.6 Å². The van der Waals surface area contributed by atoms with Gasteiger partial charge in [0.1, 0.15) is 10.0 Å². The largest absolute Gasteiger partial charge is 0.397 e. The summed E-state index contributed by atoms with van der Waals surface area (Å²) in [6.45, 7) is 1.80. The minimum Gasteiger partial charge on any atom is -0.397 e. The van der Waals surface area contributed by atoms with E-state index in [2.05, 4.69) is 20.7 Å². The first-order chi connectivity index (χ1) is 8.79. The maximum absolute atomic E-state index is 12.9. The molecule has 0 saturated carbocycles. The first-order valence-corrected chi connectivity index (χ1v) is 8.22. The molecule has 19 heavy (non-hydrogen) atoms. The molecule has 0 unspecified atom stereocenters. The van der Waals surface area contributed by atoms with Crippen LogP contribution in [0.15, 0.2) is 32.3 Å². The van der Waals surface area contributed by atoms with E-state index in [9.17, 15) is 12.8 Å². The fourth-order valence-corrected chi connectivity index (χ4v) is 4.70. The molecule has 0 aliphatic carbocycles. The highest BCUT2D eigenvalue weighted by Crippen LogP contribution is 2.32. The third-order valence-corrected chi connectivity index (χ3v) is 6.33. The number of thiophene rings is 1. The number of hydrogen-bond acceptors (Lipinski definition) is 4. The average molecular weight is 365 g/mol. The molecule has 0 aliphatic heterocycles. The van der Waals surface area contributed by atoms with Gasteiger partial charge >= 0.3 is 0 Å². The third-order valence-electron chi connectivity index (χ3n) is 2.36. The van der Waals surface area contributed by atoms with E-state index in [0.717, 1.165) is 32.8 Å². The van der Waals surface area contributed by atoms with E-state index in [0.29, 0.717) is 0 Å². The van der Waals surface area contributed by atoms with E-state index < -0.39 is 15.8 Å². The summed E-state index contributed by atoms with van der Waals surface area (Å²) in [6, 6.07) is 5.05. The van der Waals surface area contributed by atoms with Crippen molar-refractivity contribution in [2.45, 2.75) is 11.1 Å². The number of halogens is 2. The van der Waals surface area contributed by atoms with Gasteiger partial charge in [-0.3, -0.25) is 4.72 Å². The first kappa shape index (κ1) is 14.3. The summed E-state index contributed by atoms with van der Waals surface area (Å²) in [5.41, 5.74) is 6.59. The van der Waals surface area contributed by atoms with Crippen LogP contribution >= 0.6 is 27.3 Å². The Kier molecular flexibility index (Phi) is 3.84. The third kappa shape index (κ3) is 3.07. The maximum Gasteiger partial charge on any atom is 0.271 e. The van der Waals surface area contributed by atoms with Crippen molar-refractivity contribution in [1.29, 1.82) is 0 Å². The highest BCUT2D eigenvalue weighted by atomic mass is 79.9. The van der Waals surface area contributed by atoms with Gasteiger partial charge in [-0.15, -0.1) is 11.3 Å². The molecule has 4 nitrogen and oxygen atoms in total. The van der Waals surface area contributed by atoms with Crippen LogP contribution in [0.5, 0.6) is 0 Å². The SMILES string of the molecule is Cc1cc(S(=O)(=O)Nc2ccc(F)cc2N)sc1Br. The van der Waals surface area contributed by atoms with Crippen molar-refractivity contribution in [3.63, 3.8) is 0 Å². The van der Waals surface area contributed by atoms with Crippen LogP contribution in [0.1, 0.15) is 5.56 Å². The van der Waals surface area contributed by atoms with Gasteiger partial charge in [0.15, 0.2) is 0 Å². The van der Waals surface area contributed by atoms with Gasteiger partial charge in [-0.05, 0) is 52.7 Å². The lowest BCUT2D eigenvalue weighted by Crippen LogP contribution is -2.12. The molecule has 0 atom stereocenters. The maximum atomic E-state index is 12.9. The normalized spacial score (nSPS) is 11.5. The lowest BCUT2D eigenvalue weighted by atomic mass is 10.3. The summed E-state index contributed by atoms with van der Waals surface area (Å²) in [5.74, 6) is -0.518. The summed E-state index contributed by atoms with van der Waals surface area (Å²) < 4.78 is 40.4. The molecule has 2 rings (SSSR count). The lowest BCUT2D eigenvalue weighted by molar-refractivity contribution is 0.603. The molecule has 0 amide bonds. The summed E-state index contributed by atoms with van der Waals surface area (Å²) in [4.78, 5) is 0. The van der Waals surface area contributed by atoms with Crippen molar-refractivity contribution < 1.29 is 12.8 Å². The van der Waals surface area contributed by atoms with Crippen molar-refractivity contribution in [2.75, 3.05) is 10.5 Å². The molecule has 0 fully saturated rings. The van der Waals surface area contributed by atoms with E-state index in [4.69, 9.17) is 5.73 Å². The number of nitrogen functional groups attached to an aromatic ring is 1. The monoisotopic (exact) mass is 364 g/mol. The van der Waals surface area contributed by atoms with Crippen LogP contribution in [0.25, 0.3) is 0 Å². The number of nitrogens with two attached hydrogens (primary N) is 1. The Morgan fingerprint density at radius 2 is 2.05 bits per heavy atom. The van der Waals surface area contributed by atoms with Crippen molar-refractivity contribution >= 4 is 48.7 Å².